The molecule has 3 rings (SSSR count). The van der Waals surface area contributed by atoms with E-state index < -0.39 is 12.0 Å². The lowest BCUT2D eigenvalue weighted by Crippen LogP contribution is -2.23. The number of benzene rings is 3. The van der Waals surface area contributed by atoms with Crippen molar-refractivity contribution < 1.29 is 18.0 Å². The van der Waals surface area contributed by atoms with Crippen LogP contribution in [0, 0.1) is 0 Å². The highest BCUT2D eigenvalue weighted by molar-refractivity contribution is 5.97. The first-order chi connectivity index (χ1) is 14.4. The minimum Gasteiger partial charge on any atom is -0.291 e. The second-order valence-electron chi connectivity index (χ2n) is 7.01. The lowest BCUT2D eigenvalue weighted by molar-refractivity contribution is -0.165. The summed E-state index contributed by atoms with van der Waals surface area (Å²) in [5, 5.41) is 0. The Kier molecular flexibility index (Phi) is 7.20. The molecule has 2 nitrogen and oxygen atoms in total. The number of rotatable bonds is 8. The lowest BCUT2D eigenvalue weighted by atomic mass is 10.0. The molecule has 0 amide bonds. The van der Waals surface area contributed by atoms with Gasteiger partial charge in [0.1, 0.15) is 0 Å². The minimum absolute atomic E-state index is 0.532. The first-order valence-corrected chi connectivity index (χ1v) is 9.59. The summed E-state index contributed by atoms with van der Waals surface area (Å²) in [6.07, 6.45) is -3.02. The van der Waals surface area contributed by atoms with Crippen LogP contribution in [0.25, 0.3) is 6.08 Å². The van der Waals surface area contributed by atoms with Gasteiger partial charge in [0.15, 0.2) is 0 Å². The molecule has 0 aliphatic heterocycles. The molecule has 0 aliphatic carbocycles. The second-order valence-corrected chi connectivity index (χ2v) is 7.01. The average molecular weight is 409 g/mol. The predicted octanol–water partition coefficient (Wildman–Crippen LogP) is 6.03. The quantitative estimate of drug-likeness (QED) is 0.423. The number of carbonyl (C=O) groups excluding carboxylic acids is 1. The predicted molar refractivity (Wildman–Crippen MR) is 112 cm³/mol. The van der Waals surface area contributed by atoms with E-state index in [1.54, 1.807) is 12.1 Å². The van der Waals surface area contributed by atoms with E-state index in [1.807, 2.05) is 72.8 Å². The van der Waals surface area contributed by atoms with Gasteiger partial charge in [0.25, 0.3) is 5.78 Å². The number of hydrogen-bond donors (Lipinski definition) is 0. The number of hydrogen-bond acceptors (Lipinski definition) is 2. The van der Waals surface area contributed by atoms with Crippen LogP contribution < -0.4 is 0 Å². The molecule has 0 spiro atoms. The highest BCUT2D eigenvalue weighted by atomic mass is 19.4. The molecule has 0 radical (unpaired) electrons. The van der Waals surface area contributed by atoms with E-state index in [1.165, 1.54) is 6.08 Å². The highest BCUT2D eigenvalue weighted by Gasteiger charge is 2.36. The fourth-order valence-electron chi connectivity index (χ4n) is 3.19. The number of halogens is 3. The maximum Gasteiger partial charge on any atom is 0.454 e. The van der Waals surface area contributed by atoms with Gasteiger partial charge in [0.2, 0.25) is 0 Å². The van der Waals surface area contributed by atoms with Crippen molar-refractivity contribution in [1.29, 1.82) is 0 Å². The van der Waals surface area contributed by atoms with Gasteiger partial charge in [-0.3, -0.25) is 9.69 Å². The van der Waals surface area contributed by atoms with Gasteiger partial charge in [-0.1, -0.05) is 91.0 Å². The van der Waals surface area contributed by atoms with Crippen LogP contribution in [-0.2, 0) is 24.4 Å². The summed E-state index contributed by atoms with van der Waals surface area (Å²) < 4.78 is 37.6. The van der Waals surface area contributed by atoms with Crippen LogP contribution in [0.1, 0.15) is 22.3 Å². The third kappa shape index (κ3) is 6.42. The molecule has 154 valence electrons. The van der Waals surface area contributed by atoms with Crippen LogP contribution in [0.4, 0.5) is 13.2 Å². The Hall–Kier alpha value is -3.18. The highest BCUT2D eigenvalue weighted by Crippen LogP contribution is 2.20. The number of nitrogens with zero attached hydrogens (tertiary/aromatic N) is 1. The van der Waals surface area contributed by atoms with Crippen LogP contribution in [0.3, 0.4) is 0 Å². The van der Waals surface area contributed by atoms with Crippen molar-refractivity contribution in [3.63, 3.8) is 0 Å². The number of allylic oxidation sites excluding steroid dienone is 1. The molecule has 0 aromatic heterocycles. The zero-order valence-corrected chi connectivity index (χ0v) is 16.3. The van der Waals surface area contributed by atoms with Gasteiger partial charge >= 0.3 is 6.18 Å². The molecule has 0 saturated heterocycles. The number of carbonyl (C=O) groups is 1. The molecular formula is C25H22F3NO. The molecule has 0 heterocycles. The minimum atomic E-state index is -4.86. The number of ketones is 1. The summed E-state index contributed by atoms with van der Waals surface area (Å²) >= 11 is 0. The molecule has 5 heteroatoms. The first kappa shape index (κ1) is 21.5. The van der Waals surface area contributed by atoms with Crippen molar-refractivity contribution in [1.82, 2.24) is 4.90 Å². The molecule has 0 saturated carbocycles. The fraction of sp³-hybridized carbons (Fsp3) is 0.160. The summed E-state index contributed by atoms with van der Waals surface area (Å²) in [5.74, 6) is -1.86. The van der Waals surface area contributed by atoms with E-state index in [9.17, 15) is 18.0 Å². The molecule has 0 fully saturated rings. The largest absolute Gasteiger partial charge is 0.454 e. The summed E-state index contributed by atoms with van der Waals surface area (Å²) in [7, 11) is 0. The Bertz CT molecular complexity index is 941. The SMILES string of the molecule is O=C(/C=C/c1ccccc1CN(Cc1ccccc1)Cc1ccccc1)C(F)(F)F. The molecule has 30 heavy (non-hydrogen) atoms. The van der Waals surface area contributed by atoms with Gasteiger partial charge < -0.3 is 0 Å². The van der Waals surface area contributed by atoms with Gasteiger partial charge in [-0.05, 0) is 28.3 Å². The summed E-state index contributed by atoms with van der Waals surface area (Å²) in [4.78, 5) is 13.5. The van der Waals surface area contributed by atoms with Crippen molar-refractivity contribution in [3.8, 4) is 0 Å². The van der Waals surface area contributed by atoms with Crippen molar-refractivity contribution in [2.24, 2.45) is 0 Å². The van der Waals surface area contributed by atoms with Gasteiger partial charge in [-0.25, -0.2) is 0 Å². The number of alkyl halides is 3. The van der Waals surface area contributed by atoms with Gasteiger partial charge in [-0.15, -0.1) is 0 Å². The first-order valence-electron chi connectivity index (χ1n) is 9.59. The summed E-state index contributed by atoms with van der Waals surface area (Å²) in [5.41, 5.74) is 3.75. The molecule has 0 unspecified atom stereocenters. The maximum atomic E-state index is 12.5. The lowest BCUT2D eigenvalue weighted by Gasteiger charge is -2.24. The Morgan fingerprint density at radius 3 is 1.77 bits per heavy atom. The van der Waals surface area contributed by atoms with Crippen LogP contribution in [0.2, 0.25) is 0 Å². The van der Waals surface area contributed by atoms with E-state index in [0.29, 0.717) is 31.3 Å². The summed E-state index contributed by atoms with van der Waals surface area (Å²) in [6, 6.07) is 27.2. The average Bonchev–Trinajstić information content (AvgIpc) is 2.73. The molecule has 0 aliphatic rings. The van der Waals surface area contributed by atoms with Crippen LogP contribution in [0.15, 0.2) is 91.0 Å². The van der Waals surface area contributed by atoms with Crippen LogP contribution in [0.5, 0.6) is 0 Å². The monoisotopic (exact) mass is 409 g/mol. The van der Waals surface area contributed by atoms with Gasteiger partial charge in [0.05, 0.1) is 0 Å². The van der Waals surface area contributed by atoms with E-state index >= 15 is 0 Å². The van der Waals surface area contributed by atoms with E-state index in [-0.39, 0.29) is 0 Å². The smallest absolute Gasteiger partial charge is 0.291 e. The Morgan fingerprint density at radius 1 is 0.733 bits per heavy atom. The van der Waals surface area contributed by atoms with E-state index in [0.717, 1.165) is 16.7 Å². The van der Waals surface area contributed by atoms with E-state index in [2.05, 4.69) is 4.90 Å². The molecule has 0 bridgehead atoms. The third-order valence-electron chi connectivity index (χ3n) is 4.64. The molecule has 0 atom stereocenters. The fourth-order valence-corrected chi connectivity index (χ4v) is 3.19. The molecular weight excluding hydrogens is 387 g/mol. The second kappa shape index (κ2) is 10.0. The van der Waals surface area contributed by atoms with Crippen LogP contribution >= 0.6 is 0 Å². The van der Waals surface area contributed by atoms with Crippen molar-refractivity contribution >= 4 is 11.9 Å². The van der Waals surface area contributed by atoms with E-state index in [4.69, 9.17) is 0 Å². The topological polar surface area (TPSA) is 20.3 Å². The van der Waals surface area contributed by atoms with Crippen molar-refractivity contribution in [3.05, 3.63) is 113 Å². The molecule has 0 N–H and O–H groups in total. The Morgan fingerprint density at radius 2 is 1.23 bits per heavy atom. The Balaban J connectivity index is 1.83. The van der Waals surface area contributed by atoms with Crippen molar-refractivity contribution in [2.75, 3.05) is 0 Å². The normalized spacial score (nSPS) is 11.9. The maximum absolute atomic E-state index is 12.5. The van der Waals surface area contributed by atoms with Gasteiger partial charge in [-0.2, -0.15) is 13.2 Å². The third-order valence-corrected chi connectivity index (χ3v) is 4.64. The standard InChI is InChI=1S/C25H22F3NO/c26-25(27,28)24(30)16-15-22-13-7-8-14-23(22)19-29(17-20-9-3-1-4-10-20)18-21-11-5-2-6-12-21/h1-16H,17-19H2/b16-15+. The van der Waals surface area contributed by atoms with Crippen molar-refractivity contribution in [2.45, 2.75) is 25.8 Å². The van der Waals surface area contributed by atoms with Gasteiger partial charge in [0, 0.05) is 19.6 Å². The summed E-state index contributed by atoms with van der Waals surface area (Å²) in [6.45, 7) is 1.91. The zero-order chi connectivity index (χ0) is 21.4. The van der Waals surface area contributed by atoms with Crippen LogP contribution in [-0.4, -0.2) is 16.9 Å². The zero-order valence-electron chi connectivity index (χ0n) is 16.3. The molecule has 3 aromatic carbocycles. The Labute approximate surface area is 174 Å². The molecule has 3 aromatic rings.